The molecular formula is C24H22N2O3. The maximum atomic E-state index is 13.1. The van der Waals surface area contributed by atoms with Crippen LogP contribution in [-0.2, 0) is 16.1 Å². The standard InChI is InChI=1S/C24H22N2O3/c27-23(22(19-9-3-1-4-10-19)20-11-5-2-6-12-20)25-17-18-8-7-13-21(16-18)26-14-15-29-24(26)28/h1-13,16,22H,14-15,17H2,(H,25,27). The van der Waals surface area contributed by atoms with Crippen molar-refractivity contribution in [1.82, 2.24) is 5.32 Å². The van der Waals surface area contributed by atoms with Crippen molar-refractivity contribution in [3.8, 4) is 0 Å². The van der Waals surface area contributed by atoms with Gasteiger partial charge in [-0.15, -0.1) is 0 Å². The number of hydrogen-bond donors (Lipinski definition) is 1. The van der Waals surface area contributed by atoms with Crippen LogP contribution in [0.3, 0.4) is 0 Å². The molecule has 1 aliphatic heterocycles. The van der Waals surface area contributed by atoms with Crippen molar-refractivity contribution in [2.75, 3.05) is 18.1 Å². The minimum Gasteiger partial charge on any atom is -0.447 e. The number of hydrogen-bond acceptors (Lipinski definition) is 3. The Labute approximate surface area is 169 Å². The van der Waals surface area contributed by atoms with E-state index in [1.165, 1.54) is 0 Å². The van der Waals surface area contributed by atoms with Crippen molar-refractivity contribution < 1.29 is 14.3 Å². The maximum absolute atomic E-state index is 13.1. The van der Waals surface area contributed by atoms with E-state index in [1.807, 2.05) is 84.9 Å². The Kier molecular flexibility index (Phi) is 5.56. The fourth-order valence-corrected chi connectivity index (χ4v) is 3.54. The zero-order valence-corrected chi connectivity index (χ0v) is 16.0. The molecule has 29 heavy (non-hydrogen) atoms. The molecule has 0 atom stereocenters. The van der Waals surface area contributed by atoms with Gasteiger partial charge in [0.1, 0.15) is 6.61 Å². The van der Waals surface area contributed by atoms with E-state index >= 15 is 0 Å². The van der Waals surface area contributed by atoms with Gasteiger partial charge in [0.25, 0.3) is 0 Å². The van der Waals surface area contributed by atoms with Gasteiger partial charge in [-0.3, -0.25) is 9.69 Å². The molecule has 1 fully saturated rings. The summed E-state index contributed by atoms with van der Waals surface area (Å²) < 4.78 is 5.00. The van der Waals surface area contributed by atoms with Gasteiger partial charge in [0, 0.05) is 12.2 Å². The second-order valence-corrected chi connectivity index (χ2v) is 6.91. The monoisotopic (exact) mass is 386 g/mol. The van der Waals surface area contributed by atoms with Crippen molar-refractivity contribution in [2.45, 2.75) is 12.5 Å². The first-order chi connectivity index (χ1) is 14.2. The molecule has 1 heterocycles. The molecule has 1 saturated heterocycles. The lowest BCUT2D eigenvalue weighted by Gasteiger charge is -2.18. The summed E-state index contributed by atoms with van der Waals surface area (Å²) in [4.78, 5) is 26.5. The number of benzene rings is 3. The summed E-state index contributed by atoms with van der Waals surface area (Å²) in [5, 5.41) is 3.05. The molecule has 146 valence electrons. The van der Waals surface area contributed by atoms with Gasteiger partial charge in [-0.25, -0.2) is 4.79 Å². The molecule has 5 nitrogen and oxygen atoms in total. The van der Waals surface area contributed by atoms with Crippen LogP contribution < -0.4 is 10.2 Å². The topological polar surface area (TPSA) is 58.6 Å². The first kappa shape index (κ1) is 18.7. The summed E-state index contributed by atoms with van der Waals surface area (Å²) in [5.41, 5.74) is 3.60. The Hall–Kier alpha value is -3.60. The number of cyclic esters (lactones) is 1. The van der Waals surface area contributed by atoms with Crippen LogP contribution in [0.1, 0.15) is 22.6 Å². The van der Waals surface area contributed by atoms with Crippen LogP contribution in [0.15, 0.2) is 84.9 Å². The van der Waals surface area contributed by atoms with Crippen molar-refractivity contribution in [3.63, 3.8) is 0 Å². The highest BCUT2D eigenvalue weighted by atomic mass is 16.6. The van der Waals surface area contributed by atoms with E-state index in [4.69, 9.17) is 4.74 Å². The van der Waals surface area contributed by atoms with Gasteiger partial charge in [0.2, 0.25) is 5.91 Å². The predicted molar refractivity (Wildman–Crippen MR) is 112 cm³/mol. The molecule has 3 aromatic rings. The minimum atomic E-state index is -0.380. The summed E-state index contributed by atoms with van der Waals surface area (Å²) >= 11 is 0. The van der Waals surface area contributed by atoms with Crippen molar-refractivity contribution >= 4 is 17.7 Å². The SMILES string of the molecule is O=C(NCc1cccc(N2CCOC2=O)c1)C(c1ccccc1)c1ccccc1. The van der Waals surface area contributed by atoms with E-state index in [1.54, 1.807) is 4.90 Å². The van der Waals surface area contributed by atoms with Gasteiger partial charge in [0.15, 0.2) is 0 Å². The number of ether oxygens (including phenoxy) is 1. The van der Waals surface area contributed by atoms with Crippen molar-refractivity contribution in [3.05, 3.63) is 102 Å². The molecule has 1 aliphatic rings. The van der Waals surface area contributed by atoms with Crippen molar-refractivity contribution in [1.29, 1.82) is 0 Å². The molecule has 4 rings (SSSR count). The van der Waals surface area contributed by atoms with Crippen molar-refractivity contribution in [2.24, 2.45) is 0 Å². The Morgan fingerprint density at radius 2 is 1.59 bits per heavy atom. The van der Waals surface area contributed by atoms with Gasteiger partial charge >= 0.3 is 6.09 Å². The van der Waals surface area contributed by atoms with Gasteiger partial charge in [-0.1, -0.05) is 72.8 Å². The molecule has 0 saturated carbocycles. The summed E-state index contributed by atoms with van der Waals surface area (Å²) in [6.07, 6.45) is -0.334. The van der Waals surface area contributed by atoms with Crippen LogP contribution in [0.2, 0.25) is 0 Å². The third-order valence-corrected chi connectivity index (χ3v) is 4.98. The second kappa shape index (κ2) is 8.61. The number of amides is 2. The predicted octanol–water partition coefficient (Wildman–Crippen LogP) is 4.09. The highest BCUT2D eigenvalue weighted by Crippen LogP contribution is 2.25. The Morgan fingerprint density at radius 3 is 2.17 bits per heavy atom. The number of nitrogens with zero attached hydrogens (tertiary/aromatic N) is 1. The van der Waals surface area contributed by atoms with E-state index in [0.29, 0.717) is 19.7 Å². The average Bonchev–Trinajstić information content (AvgIpc) is 3.20. The van der Waals surface area contributed by atoms with Crippen LogP contribution in [0.5, 0.6) is 0 Å². The molecule has 0 aromatic heterocycles. The summed E-state index contributed by atoms with van der Waals surface area (Å²) in [5.74, 6) is -0.442. The molecule has 0 unspecified atom stereocenters. The molecule has 0 bridgehead atoms. The first-order valence-corrected chi connectivity index (χ1v) is 9.63. The minimum absolute atomic E-state index is 0.0617. The summed E-state index contributed by atoms with van der Waals surface area (Å²) in [6, 6.07) is 27.1. The fourth-order valence-electron chi connectivity index (χ4n) is 3.54. The lowest BCUT2D eigenvalue weighted by atomic mass is 9.90. The summed E-state index contributed by atoms with van der Waals surface area (Å²) in [6.45, 7) is 1.32. The van der Waals surface area contributed by atoms with Crippen LogP contribution in [0.4, 0.5) is 10.5 Å². The Morgan fingerprint density at radius 1 is 0.931 bits per heavy atom. The molecule has 0 radical (unpaired) electrons. The first-order valence-electron chi connectivity index (χ1n) is 9.63. The zero-order valence-electron chi connectivity index (χ0n) is 16.0. The zero-order chi connectivity index (χ0) is 20.1. The third kappa shape index (κ3) is 4.29. The van der Waals surface area contributed by atoms with Crippen LogP contribution in [-0.4, -0.2) is 25.2 Å². The second-order valence-electron chi connectivity index (χ2n) is 6.91. The average molecular weight is 386 g/mol. The molecule has 3 aromatic carbocycles. The maximum Gasteiger partial charge on any atom is 0.414 e. The van der Waals surface area contributed by atoms with Gasteiger partial charge < -0.3 is 10.1 Å². The lowest BCUT2D eigenvalue weighted by molar-refractivity contribution is -0.121. The Bertz CT molecular complexity index is 950. The van der Waals surface area contributed by atoms with E-state index in [9.17, 15) is 9.59 Å². The third-order valence-electron chi connectivity index (χ3n) is 4.98. The lowest BCUT2D eigenvalue weighted by Crippen LogP contribution is -2.30. The van der Waals surface area contributed by atoms with Crippen LogP contribution in [0, 0.1) is 0 Å². The molecule has 0 aliphatic carbocycles. The Balaban J connectivity index is 1.51. The van der Waals surface area contributed by atoms with E-state index in [0.717, 1.165) is 22.4 Å². The normalized spacial score (nSPS) is 13.4. The highest BCUT2D eigenvalue weighted by molar-refractivity contribution is 5.89. The van der Waals surface area contributed by atoms with E-state index in [2.05, 4.69) is 5.32 Å². The number of anilines is 1. The number of nitrogens with one attached hydrogen (secondary N) is 1. The van der Waals surface area contributed by atoms with Crippen LogP contribution >= 0.6 is 0 Å². The number of carbonyl (C=O) groups is 2. The molecule has 5 heteroatoms. The molecular weight excluding hydrogens is 364 g/mol. The highest BCUT2D eigenvalue weighted by Gasteiger charge is 2.24. The largest absolute Gasteiger partial charge is 0.447 e. The molecule has 1 N–H and O–H groups in total. The van der Waals surface area contributed by atoms with E-state index in [-0.39, 0.29) is 17.9 Å². The van der Waals surface area contributed by atoms with Gasteiger partial charge in [-0.2, -0.15) is 0 Å². The number of rotatable bonds is 6. The number of carbonyl (C=O) groups excluding carboxylic acids is 2. The molecule has 0 spiro atoms. The summed E-state index contributed by atoms with van der Waals surface area (Å²) in [7, 11) is 0. The van der Waals surface area contributed by atoms with E-state index < -0.39 is 0 Å². The van der Waals surface area contributed by atoms with Gasteiger partial charge in [-0.05, 0) is 28.8 Å². The fraction of sp³-hybridized carbons (Fsp3) is 0.167. The smallest absolute Gasteiger partial charge is 0.414 e. The van der Waals surface area contributed by atoms with Gasteiger partial charge in [0.05, 0.1) is 12.5 Å². The molecule has 2 amide bonds. The van der Waals surface area contributed by atoms with Crippen LogP contribution in [0.25, 0.3) is 0 Å². The quantitative estimate of drug-likeness (QED) is 0.694.